The van der Waals surface area contributed by atoms with Crippen LogP contribution in [0.25, 0.3) is 0 Å². The van der Waals surface area contributed by atoms with Crippen LogP contribution < -0.4 is 4.74 Å². The summed E-state index contributed by atoms with van der Waals surface area (Å²) in [6.45, 7) is 0. The molecule has 0 saturated heterocycles. The number of fused-ring (bicyclic) bond motifs is 2. The number of hydrogen-bond acceptors (Lipinski definition) is 4. The van der Waals surface area contributed by atoms with Crippen LogP contribution in [0.3, 0.4) is 0 Å². The number of Topliss-reactive ketones (excluding diaryl/α,β-unsaturated/α-hetero) is 1. The molecule has 1 aromatic carbocycles. The number of benzene rings is 1. The van der Waals surface area contributed by atoms with Gasteiger partial charge >= 0.3 is 5.97 Å². The molecule has 0 N–H and O–H groups in total. The zero-order chi connectivity index (χ0) is 12.2. The number of carbonyl (C=O) groups is 2. The maximum atomic E-state index is 12.1. The van der Waals surface area contributed by atoms with Crippen LogP contribution in [0.15, 0.2) is 18.2 Å². The lowest BCUT2D eigenvalue weighted by Crippen LogP contribution is -2.38. The number of hydrogen-bond donors (Lipinski definition) is 0. The van der Waals surface area contributed by atoms with E-state index in [4.69, 9.17) is 16.3 Å². The summed E-state index contributed by atoms with van der Waals surface area (Å²) in [5, 5.41) is 0.479. The Hall–Kier alpha value is -1.55. The Morgan fingerprint density at radius 1 is 1.59 bits per heavy atom. The van der Waals surface area contributed by atoms with E-state index in [0.29, 0.717) is 22.8 Å². The van der Waals surface area contributed by atoms with Gasteiger partial charge in [-0.05, 0) is 18.2 Å². The van der Waals surface area contributed by atoms with E-state index in [9.17, 15) is 9.59 Å². The molecule has 2 unspecified atom stereocenters. The normalized spacial score (nSPS) is 28.8. The van der Waals surface area contributed by atoms with Gasteiger partial charge < -0.3 is 9.47 Å². The molecule has 88 valence electrons. The molecule has 1 aliphatic carbocycles. The van der Waals surface area contributed by atoms with E-state index < -0.39 is 17.5 Å². The van der Waals surface area contributed by atoms with Gasteiger partial charge in [-0.25, -0.2) is 4.79 Å². The van der Waals surface area contributed by atoms with Crippen LogP contribution in [0.4, 0.5) is 0 Å². The molecule has 0 spiro atoms. The summed E-state index contributed by atoms with van der Waals surface area (Å²) in [5.74, 6) is -0.616. The van der Waals surface area contributed by atoms with E-state index in [2.05, 4.69) is 4.74 Å². The largest absolute Gasteiger partial charge is 0.474 e. The molecule has 0 radical (unpaired) electrons. The highest BCUT2D eigenvalue weighted by Crippen LogP contribution is 2.54. The molecule has 1 aromatic rings. The highest BCUT2D eigenvalue weighted by Gasteiger charge is 2.70. The second-order valence-corrected chi connectivity index (χ2v) is 4.68. The van der Waals surface area contributed by atoms with E-state index >= 15 is 0 Å². The van der Waals surface area contributed by atoms with E-state index in [0.717, 1.165) is 0 Å². The van der Waals surface area contributed by atoms with Crippen molar-refractivity contribution in [3.8, 4) is 5.75 Å². The molecule has 2 aliphatic rings. The number of ketones is 1. The maximum Gasteiger partial charge on any atom is 0.351 e. The Labute approximate surface area is 102 Å². The number of carbonyl (C=O) groups excluding carboxylic acids is 2. The Balaban J connectivity index is 2.06. The lowest BCUT2D eigenvalue weighted by Gasteiger charge is -2.23. The summed E-state index contributed by atoms with van der Waals surface area (Å²) in [5.41, 5.74) is -0.647. The van der Waals surface area contributed by atoms with Gasteiger partial charge in [0.25, 0.3) is 0 Å². The van der Waals surface area contributed by atoms with Crippen LogP contribution in [0, 0.1) is 5.92 Å². The third kappa shape index (κ3) is 1.30. The maximum absolute atomic E-state index is 12.1. The Bertz CT molecular complexity index is 539. The predicted octanol–water partition coefficient (Wildman–Crippen LogP) is 1.85. The summed E-state index contributed by atoms with van der Waals surface area (Å²) in [6, 6.07) is 4.80. The quantitative estimate of drug-likeness (QED) is 0.716. The first-order valence-electron chi connectivity index (χ1n) is 5.20. The van der Waals surface area contributed by atoms with Crippen molar-refractivity contribution in [2.24, 2.45) is 5.92 Å². The molecule has 5 heteroatoms. The van der Waals surface area contributed by atoms with Crippen molar-refractivity contribution in [2.45, 2.75) is 12.0 Å². The van der Waals surface area contributed by atoms with Crippen molar-refractivity contribution in [3.05, 3.63) is 28.8 Å². The summed E-state index contributed by atoms with van der Waals surface area (Å²) in [4.78, 5) is 23.7. The van der Waals surface area contributed by atoms with Gasteiger partial charge in [-0.15, -0.1) is 0 Å². The topological polar surface area (TPSA) is 52.6 Å². The fourth-order valence-corrected chi connectivity index (χ4v) is 2.44. The first kappa shape index (κ1) is 10.6. The molecule has 0 bridgehead atoms. The van der Waals surface area contributed by atoms with Crippen LogP contribution >= 0.6 is 11.6 Å². The first-order chi connectivity index (χ1) is 8.08. The second-order valence-electron chi connectivity index (χ2n) is 4.24. The van der Waals surface area contributed by atoms with Crippen LogP contribution in [0.1, 0.15) is 16.8 Å². The first-order valence-corrected chi connectivity index (χ1v) is 5.57. The van der Waals surface area contributed by atoms with Gasteiger partial charge in [0.05, 0.1) is 18.6 Å². The molecular formula is C12H9ClO4. The van der Waals surface area contributed by atoms with Gasteiger partial charge in [0.2, 0.25) is 5.60 Å². The number of rotatable bonds is 1. The molecule has 1 fully saturated rings. The molecule has 4 nitrogen and oxygen atoms in total. The average Bonchev–Trinajstić information content (AvgIpc) is 3.06. The SMILES string of the molecule is COC(=O)C12CC1C(=O)c1cc(Cl)ccc1O2. The number of halogens is 1. The molecule has 2 atom stereocenters. The number of ether oxygens (including phenoxy) is 2. The molecular weight excluding hydrogens is 244 g/mol. The fourth-order valence-electron chi connectivity index (χ4n) is 2.27. The average molecular weight is 253 g/mol. The zero-order valence-electron chi connectivity index (χ0n) is 9.03. The molecule has 3 rings (SSSR count). The van der Waals surface area contributed by atoms with Crippen LogP contribution in [0.2, 0.25) is 5.02 Å². The van der Waals surface area contributed by atoms with E-state index in [1.807, 2.05) is 0 Å². The van der Waals surface area contributed by atoms with Crippen molar-refractivity contribution in [3.63, 3.8) is 0 Å². The zero-order valence-corrected chi connectivity index (χ0v) is 9.78. The van der Waals surface area contributed by atoms with Gasteiger partial charge in [0.15, 0.2) is 5.78 Å². The van der Waals surface area contributed by atoms with Gasteiger partial charge in [-0.2, -0.15) is 0 Å². The Kier molecular flexibility index (Phi) is 2.01. The molecule has 17 heavy (non-hydrogen) atoms. The smallest absolute Gasteiger partial charge is 0.351 e. The standard InChI is InChI=1S/C12H9ClO4/c1-16-11(15)12-5-8(12)10(14)7-4-6(13)2-3-9(7)17-12/h2-4,8H,5H2,1H3. The fraction of sp³-hybridized carbons (Fsp3) is 0.333. The molecule has 1 heterocycles. The van der Waals surface area contributed by atoms with Crippen molar-refractivity contribution in [1.82, 2.24) is 0 Å². The Morgan fingerprint density at radius 2 is 2.35 bits per heavy atom. The van der Waals surface area contributed by atoms with Gasteiger partial charge in [0.1, 0.15) is 5.75 Å². The van der Waals surface area contributed by atoms with Crippen LogP contribution in [-0.4, -0.2) is 24.5 Å². The predicted molar refractivity (Wildman–Crippen MR) is 59.3 cm³/mol. The van der Waals surface area contributed by atoms with Crippen molar-refractivity contribution >= 4 is 23.4 Å². The van der Waals surface area contributed by atoms with E-state index in [-0.39, 0.29) is 5.78 Å². The lowest BCUT2D eigenvalue weighted by atomic mass is 10.0. The van der Waals surface area contributed by atoms with Gasteiger partial charge in [0, 0.05) is 11.4 Å². The lowest BCUT2D eigenvalue weighted by molar-refractivity contribution is -0.151. The molecule has 0 aromatic heterocycles. The third-order valence-electron chi connectivity index (χ3n) is 3.26. The minimum atomic E-state index is -1.09. The summed E-state index contributed by atoms with van der Waals surface area (Å²) < 4.78 is 10.3. The second kappa shape index (κ2) is 3.23. The van der Waals surface area contributed by atoms with Gasteiger partial charge in [-0.3, -0.25) is 4.79 Å². The number of methoxy groups -OCH3 is 1. The van der Waals surface area contributed by atoms with E-state index in [1.165, 1.54) is 7.11 Å². The highest BCUT2D eigenvalue weighted by atomic mass is 35.5. The van der Waals surface area contributed by atoms with Crippen molar-refractivity contribution < 1.29 is 19.1 Å². The summed E-state index contributed by atoms with van der Waals surface area (Å²) >= 11 is 5.83. The minimum absolute atomic E-state index is 0.0980. The van der Waals surface area contributed by atoms with Crippen LogP contribution in [-0.2, 0) is 9.53 Å². The van der Waals surface area contributed by atoms with Crippen molar-refractivity contribution in [2.75, 3.05) is 7.11 Å². The minimum Gasteiger partial charge on any atom is -0.474 e. The van der Waals surface area contributed by atoms with E-state index in [1.54, 1.807) is 18.2 Å². The summed E-state index contributed by atoms with van der Waals surface area (Å²) in [7, 11) is 1.29. The monoisotopic (exact) mass is 252 g/mol. The summed E-state index contributed by atoms with van der Waals surface area (Å²) in [6.07, 6.45) is 0.380. The third-order valence-corrected chi connectivity index (χ3v) is 3.49. The molecule has 1 saturated carbocycles. The number of esters is 1. The van der Waals surface area contributed by atoms with Crippen LogP contribution in [0.5, 0.6) is 5.75 Å². The molecule has 0 amide bonds. The Morgan fingerprint density at radius 3 is 3.06 bits per heavy atom. The molecule has 1 aliphatic heterocycles. The van der Waals surface area contributed by atoms with Gasteiger partial charge in [-0.1, -0.05) is 11.6 Å². The van der Waals surface area contributed by atoms with Crippen molar-refractivity contribution in [1.29, 1.82) is 0 Å². The highest BCUT2D eigenvalue weighted by molar-refractivity contribution is 6.31.